The first-order chi connectivity index (χ1) is 11.1. The molecule has 1 amide bonds. The Morgan fingerprint density at radius 3 is 2.74 bits per heavy atom. The van der Waals surface area contributed by atoms with Crippen molar-refractivity contribution < 1.29 is 13.6 Å². The van der Waals surface area contributed by atoms with Gasteiger partial charge in [-0.25, -0.2) is 5.43 Å². The maximum Gasteiger partial charge on any atom is 0.307 e. The quantitative estimate of drug-likeness (QED) is 0.637. The van der Waals surface area contributed by atoms with E-state index in [9.17, 15) is 13.6 Å². The van der Waals surface area contributed by atoms with Crippen molar-refractivity contribution in [2.24, 2.45) is 11.8 Å². The molecule has 0 spiro atoms. The SMILES string of the molecule is CC1CCCCC2CCNC(C2)C2C(CNN2C(F)F)NC1=O. The third-order valence-corrected chi connectivity index (χ3v) is 5.67. The normalized spacial score (nSPS) is 40.2. The summed E-state index contributed by atoms with van der Waals surface area (Å²) in [6, 6.07) is -0.666. The molecule has 5 atom stereocenters. The molecular weight excluding hydrogens is 302 g/mol. The van der Waals surface area contributed by atoms with Crippen molar-refractivity contribution >= 4 is 5.91 Å². The Morgan fingerprint density at radius 2 is 1.96 bits per heavy atom. The van der Waals surface area contributed by atoms with E-state index in [-0.39, 0.29) is 23.9 Å². The van der Waals surface area contributed by atoms with Crippen LogP contribution in [0.4, 0.5) is 8.78 Å². The van der Waals surface area contributed by atoms with E-state index < -0.39 is 12.6 Å². The molecule has 3 saturated heterocycles. The lowest BCUT2D eigenvalue weighted by Gasteiger charge is -2.39. The number of nitrogens with one attached hydrogen (secondary N) is 3. The number of halogens is 2. The van der Waals surface area contributed by atoms with E-state index in [0.29, 0.717) is 12.5 Å². The highest BCUT2D eigenvalue weighted by atomic mass is 19.3. The topological polar surface area (TPSA) is 56.4 Å². The van der Waals surface area contributed by atoms with E-state index in [1.807, 2.05) is 6.92 Å². The molecule has 0 aromatic heterocycles. The number of hydrazine groups is 1. The number of rotatable bonds is 1. The lowest BCUT2D eigenvalue weighted by atomic mass is 9.83. The summed E-state index contributed by atoms with van der Waals surface area (Å²) in [6.45, 7) is 0.619. The highest BCUT2D eigenvalue weighted by molar-refractivity contribution is 5.78. The van der Waals surface area contributed by atoms with E-state index in [1.54, 1.807) is 0 Å². The van der Waals surface area contributed by atoms with Crippen LogP contribution in [0.5, 0.6) is 0 Å². The van der Waals surface area contributed by atoms with Crippen molar-refractivity contribution in [2.45, 2.75) is 70.1 Å². The van der Waals surface area contributed by atoms with Gasteiger partial charge in [-0.05, 0) is 31.7 Å². The molecule has 0 radical (unpaired) electrons. The minimum absolute atomic E-state index is 0.00205. The molecule has 23 heavy (non-hydrogen) atoms. The zero-order chi connectivity index (χ0) is 16.4. The van der Waals surface area contributed by atoms with Crippen molar-refractivity contribution in [3.8, 4) is 0 Å². The molecule has 3 N–H and O–H groups in total. The van der Waals surface area contributed by atoms with Crippen LogP contribution in [0.25, 0.3) is 0 Å². The largest absolute Gasteiger partial charge is 0.350 e. The molecule has 3 rings (SSSR count). The number of hydrogen-bond donors (Lipinski definition) is 3. The molecule has 0 aliphatic carbocycles. The summed E-state index contributed by atoms with van der Waals surface area (Å²) in [5.41, 5.74) is 2.79. The summed E-state index contributed by atoms with van der Waals surface area (Å²) in [4.78, 5) is 12.4. The number of carbonyl (C=O) groups is 1. The van der Waals surface area contributed by atoms with Crippen molar-refractivity contribution in [3.63, 3.8) is 0 Å². The molecule has 3 fully saturated rings. The fourth-order valence-corrected chi connectivity index (χ4v) is 4.33. The number of alkyl halides is 2. The number of fused-ring (bicyclic) bond motifs is 4. The Balaban J connectivity index is 1.81. The molecule has 5 unspecified atom stereocenters. The van der Waals surface area contributed by atoms with Gasteiger partial charge in [-0.15, -0.1) is 0 Å². The van der Waals surface area contributed by atoms with Crippen LogP contribution < -0.4 is 16.1 Å². The van der Waals surface area contributed by atoms with Crippen molar-refractivity contribution in [3.05, 3.63) is 0 Å². The monoisotopic (exact) mass is 330 g/mol. The number of piperidine rings is 1. The van der Waals surface area contributed by atoms with Gasteiger partial charge in [-0.3, -0.25) is 4.79 Å². The molecule has 3 aliphatic heterocycles. The van der Waals surface area contributed by atoms with Crippen LogP contribution in [0, 0.1) is 11.8 Å². The Morgan fingerprint density at radius 1 is 1.17 bits per heavy atom. The standard InChI is InChI=1S/C16H28F2N4O/c1-10-4-2-3-5-11-6-7-19-12(8-11)14-13(21-15(10)23)9-20-22(14)16(17)18/h10-14,16,19-20H,2-9H2,1H3,(H,21,23). The van der Waals surface area contributed by atoms with Gasteiger partial charge in [0.25, 0.3) is 0 Å². The Bertz CT molecular complexity index is 423. The van der Waals surface area contributed by atoms with Crippen molar-refractivity contribution in [1.29, 1.82) is 0 Å². The number of nitrogens with zero attached hydrogens (tertiary/aromatic N) is 1. The van der Waals surface area contributed by atoms with Crippen LogP contribution in [-0.2, 0) is 4.79 Å². The fraction of sp³-hybridized carbons (Fsp3) is 0.938. The first-order valence-electron chi connectivity index (χ1n) is 8.90. The minimum Gasteiger partial charge on any atom is -0.350 e. The zero-order valence-electron chi connectivity index (χ0n) is 13.7. The van der Waals surface area contributed by atoms with Crippen LogP contribution in [-0.4, -0.2) is 48.7 Å². The summed E-state index contributed by atoms with van der Waals surface area (Å²) in [5, 5.41) is 7.48. The van der Waals surface area contributed by atoms with Crippen LogP contribution in [0.2, 0.25) is 0 Å². The number of hydrogen-bond acceptors (Lipinski definition) is 4. The Labute approximate surface area is 136 Å². The van der Waals surface area contributed by atoms with Gasteiger partial charge in [-0.2, -0.15) is 13.8 Å². The Hall–Kier alpha value is -0.790. The van der Waals surface area contributed by atoms with Gasteiger partial charge in [-0.1, -0.05) is 26.2 Å². The first-order valence-corrected chi connectivity index (χ1v) is 8.90. The predicted octanol–water partition coefficient (Wildman–Crippen LogP) is 1.46. The maximum absolute atomic E-state index is 13.4. The van der Waals surface area contributed by atoms with E-state index in [0.717, 1.165) is 50.1 Å². The highest BCUT2D eigenvalue weighted by Crippen LogP contribution is 2.30. The van der Waals surface area contributed by atoms with Gasteiger partial charge in [0.1, 0.15) is 0 Å². The molecule has 3 heterocycles. The predicted molar refractivity (Wildman–Crippen MR) is 83.7 cm³/mol. The second kappa shape index (κ2) is 7.40. The average Bonchev–Trinajstić information content (AvgIpc) is 2.94. The molecule has 0 aromatic rings. The van der Waals surface area contributed by atoms with E-state index in [1.165, 1.54) is 0 Å². The third kappa shape index (κ3) is 3.83. The van der Waals surface area contributed by atoms with E-state index >= 15 is 0 Å². The molecular formula is C16H28F2N4O. The van der Waals surface area contributed by atoms with Crippen LogP contribution in [0.1, 0.15) is 45.4 Å². The van der Waals surface area contributed by atoms with Crippen LogP contribution >= 0.6 is 0 Å². The maximum atomic E-state index is 13.4. The van der Waals surface area contributed by atoms with Gasteiger partial charge < -0.3 is 10.6 Å². The number of carbonyl (C=O) groups excluding carboxylic acids is 1. The molecule has 0 aromatic carbocycles. The Kier molecular flexibility index (Phi) is 5.49. The minimum atomic E-state index is -2.56. The molecule has 7 heteroatoms. The molecule has 0 saturated carbocycles. The summed E-state index contributed by atoms with van der Waals surface area (Å²) in [7, 11) is 0. The van der Waals surface area contributed by atoms with Gasteiger partial charge in [0.15, 0.2) is 0 Å². The molecule has 3 aliphatic rings. The van der Waals surface area contributed by atoms with Gasteiger partial charge in [0, 0.05) is 18.5 Å². The van der Waals surface area contributed by atoms with E-state index in [2.05, 4.69) is 16.1 Å². The molecule has 2 bridgehead atoms. The zero-order valence-corrected chi connectivity index (χ0v) is 13.7. The van der Waals surface area contributed by atoms with Gasteiger partial charge in [0.2, 0.25) is 5.91 Å². The second-order valence-corrected chi connectivity index (χ2v) is 7.29. The van der Waals surface area contributed by atoms with Gasteiger partial charge >= 0.3 is 6.55 Å². The average molecular weight is 330 g/mol. The van der Waals surface area contributed by atoms with E-state index in [4.69, 9.17) is 0 Å². The smallest absolute Gasteiger partial charge is 0.307 e. The highest BCUT2D eigenvalue weighted by Gasteiger charge is 2.45. The van der Waals surface area contributed by atoms with Crippen LogP contribution in [0.15, 0.2) is 0 Å². The third-order valence-electron chi connectivity index (χ3n) is 5.67. The van der Waals surface area contributed by atoms with Crippen molar-refractivity contribution in [2.75, 3.05) is 13.1 Å². The summed E-state index contributed by atoms with van der Waals surface area (Å²) < 4.78 is 26.8. The van der Waals surface area contributed by atoms with Crippen LogP contribution in [0.3, 0.4) is 0 Å². The number of amides is 1. The second-order valence-electron chi connectivity index (χ2n) is 7.29. The van der Waals surface area contributed by atoms with Gasteiger partial charge in [0.05, 0.1) is 12.1 Å². The lowest BCUT2D eigenvalue weighted by Crippen LogP contribution is -2.60. The summed E-state index contributed by atoms with van der Waals surface area (Å²) in [5.74, 6) is 0.543. The summed E-state index contributed by atoms with van der Waals surface area (Å²) in [6.07, 6.45) is 6.25. The molecule has 5 nitrogen and oxygen atoms in total. The molecule has 132 valence electrons. The fourth-order valence-electron chi connectivity index (χ4n) is 4.33. The first kappa shape index (κ1) is 17.0. The van der Waals surface area contributed by atoms with Crippen molar-refractivity contribution in [1.82, 2.24) is 21.1 Å². The summed E-state index contributed by atoms with van der Waals surface area (Å²) >= 11 is 0. The lowest BCUT2D eigenvalue weighted by molar-refractivity contribution is -0.126.